The van der Waals surface area contributed by atoms with E-state index >= 15 is 0 Å². The van der Waals surface area contributed by atoms with Crippen molar-refractivity contribution in [2.75, 3.05) is 12.8 Å². The van der Waals surface area contributed by atoms with Crippen molar-refractivity contribution >= 4 is 11.7 Å². The molecule has 0 saturated heterocycles. The Hall–Kier alpha value is -1.65. The topological polar surface area (TPSA) is 72.1 Å². The number of nitrogen functional groups attached to an aromatic ring is 1. The molecule has 1 aromatic rings. The summed E-state index contributed by atoms with van der Waals surface area (Å²) < 4.78 is 0. The van der Waals surface area contributed by atoms with Gasteiger partial charge >= 0.3 is 0 Å². The predicted octanol–water partition coefficient (Wildman–Crippen LogP) is 1.32. The first-order chi connectivity index (χ1) is 7.38. The minimum Gasteiger partial charge on any atom is -0.382 e. The van der Waals surface area contributed by atoms with Gasteiger partial charge in [-0.05, 0) is 20.3 Å². The first kappa shape index (κ1) is 12.4. The number of anilines is 1. The summed E-state index contributed by atoms with van der Waals surface area (Å²) in [6.07, 6.45) is 3.72. The third-order valence-electron chi connectivity index (χ3n) is 2.95. The maximum atomic E-state index is 12.1. The lowest BCUT2D eigenvalue weighted by molar-refractivity contribution is 0.0614. The van der Waals surface area contributed by atoms with Gasteiger partial charge in [-0.25, -0.2) is 4.98 Å². The van der Waals surface area contributed by atoms with E-state index < -0.39 is 0 Å². The molecule has 5 nitrogen and oxygen atoms in total. The van der Waals surface area contributed by atoms with Crippen molar-refractivity contribution in [1.29, 1.82) is 0 Å². The third-order valence-corrected chi connectivity index (χ3v) is 2.95. The molecular weight excluding hydrogens is 204 g/mol. The molecular formula is C11H18N4O. The summed E-state index contributed by atoms with van der Waals surface area (Å²) >= 11 is 0. The van der Waals surface area contributed by atoms with Crippen molar-refractivity contribution in [3.05, 3.63) is 18.1 Å². The number of aromatic nitrogens is 2. The van der Waals surface area contributed by atoms with Crippen molar-refractivity contribution in [2.24, 2.45) is 0 Å². The van der Waals surface area contributed by atoms with Gasteiger partial charge in [-0.2, -0.15) is 0 Å². The SMILES string of the molecule is CCC(C)(C)N(C)C(=O)c1cncc(N)n1. The van der Waals surface area contributed by atoms with Gasteiger partial charge < -0.3 is 10.6 Å². The zero-order valence-electron chi connectivity index (χ0n) is 10.2. The second-order valence-electron chi connectivity index (χ2n) is 4.36. The Balaban J connectivity index is 2.95. The second kappa shape index (κ2) is 4.47. The van der Waals surface area contributed by atoms with Gasteiger partial charge in [-0.1, -0.05) is 6.92 Å². The quantitative estimate of drug-likeness (QED) is 0.837. The molecule has 0 aliphatic carbocycles. The van der Waals surface area contributed by atoms with Crippen LogP contribution < -0.4 is 5.73 Å². The Morgan fingerprint density at radius 2 is 2.12 bits per heavy atom. The number of hydrogen-bond acceptors (Lipinski definition) is 4. The fraction of sp³-hybridized carbons (Fsp3) is 0.545. The summed E-state index contributed by atoms with van der Waals surface area (Å²) in [5, 5.41) is 0. The summed E-state index contributed by atoms with van der Waals surface area (Å²) in [7, 11) is 1.76. The molecule has 1 amide bonds. The van der Waals surface area contributed by atoms with Crippen LogP contribution >= 0.6 is 0 Å². The molecule has 0 aliphatic heterocycles. The van der Waals surface area contributed by atoms with Crippen LogP contribution in [0.3, 0.4) is 0 Å². The Morgan fingerprint density at radius 1 is 1.50 bits per heavy atom. The van der Waals surface area contributed by atoms with Crippen LogP contribution in [0.4, 0.5) is 5.82 Å². The summed E-state index contributed by atoms with van der Waals surface area (Å²) in [4.78, 5) is 21.6. The molecule has 1 rings (SSSR count). The molecule has 0 aromatic carbocycles. The third kappa shape index (κ3) is 2.48. The molecule has 0 saturated carbocycles. The molecule has 0 atom stereocenters. The van der Waals surface area contributed by atoms with Crippen LogP contribution in [0.15, 0.2) is 12.4 Å². The van der Waals surface area contributed by atoms with Gasteiger partial charge in [0, 0.05) is 12.6 Å². The van der Waals surface area contributed by atoms with Crippen LogP contribution in [0.2, 0.25) is 0 Å². The minimum atomic E-state index is -0.205. The van der Waals surface area contributed by atoms with Crippen molar-refractivity contribution in [3.8, 4) is 0 Å². The van der Waals surface area contributed by atoms with Crippen molar-refractivity contribution in [3.63, 3.8) is 0 Å². The van der Waals surface area contributed by atoms with Gasteiger partial charge in [0.1, 0.15) is 11.5 Å². The van der Waals surface area contributed by atoms with Gasteiger partial charge in [-0.3, -0.25) is 9.78 Å². The average Bonchev–Trinajstić information content (AvgIpc) is 2.27. The van der Waals surface area contributed by atoms with E-state index in [0.717, 1.165) is 6.42 Å². The van der Waals surface area contributed by atoms with E-state index in [9.17, 15) is 4.79 Å². The summed E-state index contributed by atoms with van der Waals surface area (Å²) in [5.74, 6) is 0.0974. The minimum absolute atomic E-state index is 0.161. The lowest BCUT2D eigenvalue weighted by Crippen LogP contribution is -2.44. The predicted molar refractivity (Wildman–Crippen MR) is 62.9 cm³/mol. The fourth-order valence-electron chi connectivity index (χ4n) is 1.17. The van der Waals surface area contributed by atoms with Crippen LogP contribution in [0.25, 0.3) is 0 Å². The molecule has 1 aromatic heterocycles. The van der Waals surface area contributed by atoms with Crippen LogP contribution in [-0.4, -0.2) is 33.4 Å². The van der Waals surface area contributed by atoms with E-state index in [1.54, 1.807) is 11.9 Å². The van der Waals surface area contributed by atoms with Crippen molar-refractivity contribution < 1.29 is 4.79 Å². The molecule has 1 heterocycles. The first-order valence-corrected chi connectivity index (χ1v) is 5.24. The van der Waals surface area contributed by atoms with E-state index in [4.69, 9.17) is 5.73 Å². The zero-order chi connectivity index (χ0) is 12.3. The number of nitrogens with zero attached hydrogens (tertiary/aromatic N) is 3. The Morgan fingerprint density at radius 3 is 2.62 bits per heavy atom. The van der Waals surface area contributed by atoms with E-state index in [0.29, 0.717) is 0 Å². The highest BCUT2D eigenvalue weighted by molar-refractivity contribution is 5.92. The Kier molecular flexibility index (Phi) is 3.47. The molecule has 88 valence electrons. The number of carbonyl (C=O) groups is 1. The molecule has 0 spiro atoms. The van der Waals surface area contributed by atoms with E-state index in [-0.39, 0.29) is 23.0 Å². The monoisotopic (exact) mass is 222 g/mol. The van der Waals surface area contributed by atoms with Crippen LogP contribution in [-0.2, 0) is 0 Å². The maximum Gasteiger partial charge on any atom is 0.274 e. The summed E-state index contributed by atoms with van der Waals surface area (Å²) in [6, 6.07) is 0. The van der Waals surface area contributed by atoms with E-state index in [1.165, 1.54) is 12.4 Å². The molecule has 0 unspecified atom stereocenters. The molecule has 5 heteroatoms. The number of hydrogen-bond donors (Lipinski definition) is 1. The lowest BCUT2D eigenvalue weighted by Gasteiger charge is -2.34. The van der Waals surface area contributed by atoms with E-state index in [1.807, 2.05) is 20.8 Å². The van der Waals surface area contributed by atoms with Gasteiger partial charge in [-0.15, -0.1) is 0 Å². The number of carbonyl (C=O) groups excluding carboxylic acids is 1. The number of nitrogens with two attached hydrogens (primary N) is 1. The van der Waals surface area contributed by atoms with Crippen LogP contribution in [0.5, 0.6) is 0 Å². The number of amides is 1. The smallest absolute Gasteiger partial charge is 0.274 e. The van der Waals surface area contributed by atoms with E-state index in [2.05, 4.69) is 9.97 Å². The number of rotatable bonds is 3. The highest BCUT2D eigenvalue weighted by Gasteiger charge is 2.27. The summed E-state index contributed by atoms with van der Waals surface area (Å²) in [6.45, 7) is 6.05. The zero-order valence-corrected chi connectivity index (χ0v) is 10.2. The fourth-order valence-corrected chi connectivity index (χ4v) is 1.17. The molecule has 0 radical (unpaired) electrons. The first-order valence-electron chi connectivity index (χ1n) is 5.24. The normalized spacial score (nSPS) is 11.2. The van der Waals surface area contributed by atoms with Gasteiger partial charge in [0.2, 0.25) is 0 Å². The van der Waals surface area contributed by atoms with Crippen LogP contribution in [0, 0.1) is 0 Å². The van der Waals surface area contributed by atoms with Gasteiger partial charge in [0.15, 0.2) is 0 Å². The molecule has 16 heavy (non-hydrogen) atoms. The molecule has 0 aliphatic rings. The lowest BCUT2D eigenvalue weighted by atomic mass is 10.00. The molecule has 2 N–H and O–H groups in total. The standard InChI is InChI=1S/C11H18N4O/c1-5-11(2,3)15(4)10(16)8-6-13-7-9(12)14-8/h6-7H,5H2,1-4H3,(H2,12,14). The Bertz CT molecular complexity index is 389. The van der Waals surface area contributed by atoms with Crippen LogP contribution in [0.1, 0.15) is 37.7 Å². The second-order valence-corrected chi connectivity index (χ2v) is 4.36. The molecule has 0 bridgehead atoms. The van der Waals surface area contributed by atoms with Crippen molar-refractivity contribution in [1.82, 2.24) is 14.9 Å². The van der Waals surface area contributed by atoms with Gasteiger partial charge in [0.05, 0.1) is 12.4 Å². The maximum absolute atomic E-state index is 12.1. The highest BCUT2D eigenvalue weighted by Crippen LogP contribution is 2.18. The average molecular weight is 222 g/mol. The Labute approximate surface area is 95.7 Å². The van der Waals surface area contributed by atoms with Crippen molar-refractivity contribution in [2.45, 2.75) is 32.7 Å². The molecule has 0 fully saturated rings. The van der Waals surface area contributed by atoms with Gasteiger partial charge in [0.25, 0.3) is 5.91 Å². The summed E-state index contributed by atoms with van der Waals surface area (Å²) in [5.41, 5.74) is 5.57. The highest BCUT2D eigenvalue weighted by atomic mass is 16.2. The largest absolute Gasteiger partial charge is 0.382 e.